The third-order valence-corrected chi connectivity index (χ3v) is 6.35. The van der Waals surface area contributed by atoms with Gasteiger partial charge in [0.1, 0.15) is 0 Å². The highest BCUT2D eigenvalue weighted by Gasteiger charge is 2.33. The zero-order chi connectivity index (χ0) is 18.5. The smallest absolute Gasteiger partial charge is 0.314 e. The van der Waals surface area contributed by atoms with Gasteiger partial charge in [0, 0.05) is 0 Å². The molecule has 2 fully saturated rings. The minimum Gasteiger partial charge on any atom is -0.421 e. The van der Waals surface area contributed by atoms with E-state index in [2.05, 4.69) is 11.9 Å². The molecule has 3 rings (SSSR count). The Balaban J connectivity index is 1.45. The van der Waals surface area contributed by atoms with Gasteiger partial charge in [-0.3, -0.25) is 4.79 Å². The normalized spacial score (nSPS) is 29.3. The zero-order valence-electron chi connectivity index (χ0n) is 15.6. The molecule has 2 aliphatic rings. The Bertz CT molecular complexity index is 606. The molecule has 0 aromatic carbocycles. The van der Waals surface area contributed by atoms with Crippen LogP contribution in [0.1, 0.15) is 71.1 Å². The maximum absolute atomic E-state index is 13.5. The van der Waals surface area contributed by atoms with E-state index in [4.69, 9.17) is 4.74 Å². The maximum Gasteiger partial charge on any atom is 0.314 e. The van der Waals surface area contributed by atoms with Gasteiger partial charge in [-0.05, 0) is 68.4 Å². The van der Waals surface area contributed by atoms with Crippen molar-refractivity contribution in [2.45, 2.75) is 71.1 Å². The van der Waals surface area contributed by atoms with Crippen LogP contribution >= 0.6 is 0 Å². The second-order valence-electron chi connectivity index (χ2n) is 8.03. The lowest BCUT2D eigenvalue weighted by molar-refractivity contribution is -0.140. The molecule has 0 atom stereocenters. The van der Waals surface area contributed by atoms with Crippen molar-refractivity contribution in [3.63, 3.8) is 0 Å². The summed E-state index contributed by atoms with van der Waals surface area (Å²) < 4.78 is 31.5. The van der Waals surface area contributed by atoms with Crippen molar-refractivity contribution in [1.29, 1.82) is 0 Å². The van der Waals surface area contributed by atoms with Crippen LogP contribution in [0.25, 0.3) is 0 Å². The van der Waals surface area contributed by atoms with E-state index in [9.17, 15) is 13.6 Å². The van der Waals surface area contributed by atoms with Gasteiger partial charge in [-0.2, -0.15) is 13.8 Å². The molecule has 0 aliphatic heterocycles. The van der Waals surface area contributed by atoms with Gasteiger partial charge in [0.15, 0.2) is 5.75 Å². The van der Waals surface area contributed by atoms with Crippen LogP contribution in [0.2, 0.25) is 0 Å². The Labute approximate surface area is 154 Å². The van der Waals surface area contributed by atoms with Crippen LogP contribution in [0.3, 0.4) is 0 Å². The fraction of sp³-hybridized carbons (Fsp3) is 0.714. The summed E-state index contributed by atoms with van der Waals surface area (Å²) in [6, 6.07) is 2.12. The average molecular weight is 365 g/mol. The number of carbonyl (C=O) groups is 1. The minimum atomic E-state index is -1.07. The van der Waals surface area contributed by atoms with Gasteiger partial charge in [0.25, 0.3) is 5.95 Å². The number of halogens is 2. The van der Waals surface area contributed by atoms with Crippen LogP contribution in [0, 0.1) is 35.6 Å². The molecule has 0 unspecified atom stereocenters. The van der Waals surface area contributed by atoms with Crippen molar-refractivity contribution in [2.75, 3.05) is 0 Å². The molecule has 0 radical (unpaired) electrons. The van der Waals surface area contributed by atoms with Gasteiger partial charge in [-0.25, -0.2) is 0 Å². The molecule has 0 amide bonds. The van der Waals surface area contributed by atoms with Crippen LogP contribution in [0.15, 0.2) is 12.1 Å². The molecule has 5 heteroatoms. The molecule has 26 heavy (non-hydrogen) atoms. The molecule has 0 spiro atoms. The fourth-order valence-electron chi connectivity index (χ4n) is 4.85. The van der Waals surface area contributed by atoms with E-state index in [1.54, 1.807) is 0 Å². The molecular formula is C21H29F2NO2. The average Bonchev–Trinajstić information content (AvgIpc) is 2.65. The number of hydrogen-bond acceptors (Lipinski definition) is 3. The van der Waals surface area contributed by atoms with Crippen molar-refractivity contribution in [2.24, 2.45) is 23.7 Å². The van der Waals surface area contributed by atoms with Gasteiger partial charge < -0.3 is 4.74 Å². The van der Waals surface area contributed by atoms with Gasteiger partial charge in [-0.15, -0.1) is 0 Å². The summed E-state index contributed by atoms with van der Waals surface area (Å²) in [6.45, 7) is 2.26. The van der Waals surface area contributed by atoms with E-state index >= 15 is 0 Å². The predicted molar refractivity (Wildman–Crippen MR) is 95.6 cm³/mol. The molecule has 1 aromatic heterocycles. The van der Waals surface area contributed by atoms with E-state index in [0.717, 1.165) is 49.7 Å². The summed E-state index contributed by atoms with van der Waals surface area (Å²) in [6.07, 6.45) is 11.7. The van der Waals surface area contributed by atoms with Crippen molar-refractivity contribution >= 4 is 5.97 Å². The molecule has 3 nitrogen and oxygen atoms in total. The van der Waals surface area contributed by atoms with Crippen LogP contribution < -0.4 is 4.74 Å². The highest BCUT2D eigenvalue weighted by atomic mass is 19.1. The lowest BCUT2D eigenvalue weighted by Gasteiger charge is -2.37. The monoisotopic (exact) mass is 365 g/mol. The SMILES string of the molecule is CCC[C@H]1CC[C@H]([C@H]2CC[C@H](C(=O)Oc3ccc(F)nc3F)CC2)CC1. The van der Waals surface area contributed by atoms with Gasteiger partial charge in [0.2, 0.25) is 5.95 Å². The summed E-state index contributed by atoms with van der Waals surface area (Å²) in [5.41, 5.74) is 0. The number of pyridine rings is 1. The van der Waals surface area contributed by atoms with Gasteiger partial charge in [-0.1, -0.05) is 32.6 Å². The summed E-state index contributed by atoms with van der Waals surface area (Å²) in [5.74, 6) is -0.443. The lowest BCUT2D eigenvalue weighted by Crippen LogP contribution is -2.30. The van der Waals surface area contributed by atoms with Crippen molar-refractivity contribution in [1.82, 2.24) is 4.98 Å². The van der Waals surface area contributed by atoms with Crippen molar-refractivity contribution in [3.8, 4) is 5.75 Å². The predicted octanol–water partition coefficient (Wildman–Crippen LogP) is 5.68. The maximum atomic E-state index is 13.5. The number of nitrogens with zero attached hydrogens (tertiary/aromatic N) is 1. The first-order valence-corrected chi connectivity index (χ1v) is 10.1. The molecule has 0 saturated heterocycles. The second-order valence-corrected chi connectivity index (χ2v) is 8.03. The lowest BCUT2D eigenvalue weighted by atomic mass is 9.69. The third kappa shape index (κ3) is 4.80. The first-order chi connectivity index (χ1) is 12.6. The summed E-state index contributed by atoms with van der Waals surface area (Å²) in [4.78, 5) is 15.3. The number of carbonyl (C=O) groups excluding carboxylic acids is 1. The van der Waals surface area contributed by atoms with Crippen LogP contribution in [-0.2, 0) is 4.79 Å². The molecule has 0 N–H and O–H groups in total. The highest BCUT2D eigenvalue weighted by molar-refractivity contribution is 5.75. The standard InChI is InChI=1S/C21H29F2NO2/c1-2-3-14-4-6-15(7-5-14)16-8-10-17(11-9-16)21(25)26-18-12-13-19(22)24-20(18)23/h12-17H,2-11H2,1H3/t14-,15-,16-,17-. The molecule has 1 heterocycles. The van der Waals surface area contributed by atoms with Crippen LogP contribution in [0.5, 0.6) is 5.75 Å². The number of ether oxygens (including phenoxy) is 1. The van der Waals surface area contributed by atoms with E-state index in [0.29, 0.717) is 5.92 Å². The topological polar surface area (TPSA) is 39.2 Å². The molecule has 2 saturated carbocycles. The Hall–Kier alpha value is -1.52. The van der Waals surface area contributed by atoms with Crippen LogP contribution in [-0.4, -0.2) is 11.0 Å². The minimum absolute atomic E-state index is 0.188. The van der Waals surface area contributed by atoms with Gasteiger partial charge >= 0.3 is 5.97 Å². The number of rotatable bonds is 5. The van der Waals surface area contributed by atoms with E-state index in [1.807, 2.05) is 0 Å². The summed E-state index contributed by atoms with van der Waals surface area (Å²) >= 11 is 0. The first-order valence-electron chi connectivity index (χ1n) is 10.1. The second kappa shape index (κ2) is 8.92. The third-order valence-electron chi connectivity index (χ3n) is 6.35. The van der Waals surface area contributed by atoms with Crippen molar-refractivity contribution in [3.05, 3.63) is 24.0 Å². The summed E-state index contributed by atoms with van der Waals surface area (Å²) in [5, 5.41) is 0. The first kappa shape index (κ1) is 19.2. The Morgan fingerprint density at radius 1 is 1.04 bits per heavy atom. The molecule has 144 valence electrons. The largest absolute Gasteiger partial charge is 0.421 e. The Morgan fingerprint density at radius 2 is 1.65 bits per heavy atom. The zero-order valence-corrected chi connectivity index (χ0v) is 15.6. The van der Waals surface area contributed by atoms with E-state index < -0.39 is 17.9 Å². The van der Waals surface area contributed by atoms with Crippen LogP contribution in [0.4, 0.5) is 8.78 Å². The molecule has 1 aromatic rings. The quantitative estimate of drug-likeness (QED) is 0.498. The number of hydrogen-bond donors (Lipinski definition) is 0. The highest BCUT2D eigenvalue weighted by Crippen LogP contribution is 2.42. The number of aromatic nitrogens is 1. The molecule has 0 bridgehead atoms. The Kier molecular flexibility index (Phi) is 6.60. The van der Waals surface area contributed by atoms with Crippen molar-refractivity contribution < 1.29 is 18.3 Å². The number of esters is 1. The van der Waals surface area contributed by atoms with Gasteiger partial charge in [0.05, 0.1) is 5.92 Å². The molecular weight excluding hydrogens is 336 g/mol. The Morgan fingerprint density at radius 3 is 2.23 bits per heavy atom. The molecule has 2 aliphatic carbocycles. The summed E-state index contributed by atoms with van der Waals surface area (Å²) in [7, 11) is 0. The van der Waals surface area contributed by atoms with E-state index in [-0.39, 0.29) is 11.7 Å². The fourth-order valence-corrected chi connectivity index (χ4v) is 4.85. The van der Waals surface area contributed by atoms with E-state index in [1.165, 1.54) is 38.5 Å².